The van der Waals surface area contributed by atoms with Crippen LogP contribution in [0.1, 0.15) is 20.8 Å². The molecule has 0 fully saturated rings. The lowest BCUT2D eigenvalue weighted by molar-refractivity contribution is 0.314. The molecule has 0 saturated carbocycles. The summed E-state index contributed by atoms with van der Waals surface area (Å²) >= 11 is 0. The number of hydrogen-bond donors (Lipinski definition) is 2. The Kier molecular flexibility index (Phi) is 4.74. The third-order valence-electron chi connectivity index (χ3n) is 2.72. The Morgan fingerprint density at radius 1 is 1.65 bits per heavy atom. The Balaban J connectivity index is 2.79. The Hall–Kier alpha value is -1.79. The van der Waals surface area contributed by atoms with E-state index < -0.39 is 0 Å². The summed E-state index contributed by atoms with van der Waals surface area (Å²) in [5, 5.41) is 19.6. The average Bonchev–Trinajstić information content (AvgIpc) is 2.82. The molecule has 0 amide bonds. The highest BCUT2D eigenvalue weighted by Crippen LogP contribution is 2.13. The van der Waals surface area contributed by atoms with Crippen molar-refractivity contribution in [3.8, 4) is 0 Å². The van der Waals surface area contributed by atoms with E-state index in [1.165, 1.54) is 0 Å². The minimum Gasteiger partial charge on any atom is -0.409 e. The van der Waals surface area contributed by atoms with Crippen molar-refractivity contribution in [1.82, 2.24) is 15.0 Å². The molecule has 1 rings (SSSR count). The van der Waals surface area contributed by atoms with Crippen LogP contribution in [0.15, 0.2) is 11.4 Å². The van der Waals surface area contributed by atoms with Gasteiger partial charge in [0.25, 0.3) is 0 Å². The molecule has 17 heavy (non-hydrogen) atoms. The first-order valence-electron chi connectivity index (χ1n) is 5.74. The van der Waals surface area contributed by atoms with Crippen molar-refractivity contribution >= 4 is 11.7 Å². The highest BCUT2D eigenvalue weighted by Gasteiger charge is 2.16. The van der Waals surface area contributed by atoms with Crippen LogP contribution in [0, 0.1) is 5.92 Å². The van der Waals surface area contributed by atoms with Crippen LogP contribution in [0.2, 0.25) is 0 Å². The summed E-state index contributed by atoms with van der Waals surface area (Å²) in [5.41, 5.74) is 5.58. The molecule has 0 saturated heterocycles. The van der Waals surface area contributed by atoms with Crippen LogP contribution in [0.4, 0.5) is 5.82 Å². The fourth-order valence-corrected chi connectivity index (χ4v) is 1.63. The average molecular weight is 240 g/mol. The van der Waals surface area contributed by atoms with Gasteiger partial charge < -0.3 is 15.8 Å². The Bertz CT molecular complexity index is 375. The van der Waals surface area contributed by atoms with E-state index in [-0.39, 0.29) is 11.8 Å². The molecule has 3 N–H and O–H groups in total. The van der Waals surface area contributed by atoms with E-state index in [2.05, 4.69) is 20.4 Å². The fourth-order valence-electron chi connectivity index (χ4n) is 1.63. The van der Waals surface area contributed by atoms with Gasteiger partial charge in [0.2, 0.25) is 0 Å². The molecule has 1 aromatic rings. The van der Waals surface area contributed by atoms with Crippen molar-refractivity contribution in [1.29, 1.82) is 0 Å². The maximum Gasteiger partial charge on any atom is 0.147 e. The minimum absolute atomic E-state index is 0.0276. The number of anilines is 1. The van der Waals surface area contributed by atoms with Crippen molar-refractivity contribution in [2.24, 2.45) is 16.8 Å². The summed E-state index contributed by atoms with van der Waals surface area (Å²) < 4.78 is 1.82. The van der Waals surface area contributed by atoms with Crippen molar-refractivity contribution in [2.75, 3.05) is 18.0 Å². The van der Waals surface area contributed by atoms with Gasteiger partial charge in [0, 0.05) is 25.6 Å². The van der Waals surface area contributed by atoms with E-state index in [9.17, 15) is 0 Å². The molecule has 7 nitrogen and oxygen atoms in total. The Morgan fingerprint density at radius 2 is 2.35 bits per heavy atom. The van der Waals surface area contributed by atoms with Gasteiger partial charge in [-0.15, -0.1) is 5.10 Å². The molecule has 96 valence electrons. The summed E-state index contributed by atoms with van der Waals surface area (Å²) in [7, 11) is 0. The molecular weight excluding hydrogens is 220 g/mol. The zero-order chi connectivity index (χ0) is 12.8. The molecule has 1 heterocycles. The van der Waals surface area contributed by atoms with Gasteiger partial charge in [0.1, 0.15) is 11.7 Å². The van der Waals surface area contributed by atoms with Gasteiger partial charge in [0.05, 0.1) is 6.20 Å². The quantitative estimate of drug-likeness (QED) is 0.327. The van der Waals surface area contributed by atoms with E-state index >= 15 is 0 Å². The van der Waals surface area contributed by atoms with E-state index in [0.29, 0.717) is 6.54 Å². The number of amidine groups is 1. The summed E-state index contributed by atoms with van der Waals surface area (Å²) in [6, 6.07) is 0. The smallest absolute Gasteiger partial charge is 0.147 e. The number of nitrogens with zero attached hydrogens (tertiary/aromatic N) is 5. The van der Waals surface area contributed by atoms with Crippen LogP contribution in [-0.2, 0) is 6.54 Å². The van der Waals surface area contributed by atoms with E-state index in [1.54, 1.807) is 6.20 Å². The number of nitrogens with two attached hydrogens (primary N) is 1. The number of aryl methyl sites for hydroxylation is 1. The first-order chi connectivity index (χ1) is 8.13. The van der Waals surface area contributed by atoms with Gasteiger partial charge in [-0.2, -0.15) is 0 Å². The van der Waals surface area contributed by atoms with Crippen LogP contribution >= 0.6 is 0 Å². The minimum atomic E-state index is -0.0276. The molecule has 1 aromatic heterocycles. The SMILES string of the molecule is CCN(CC(C)C(N)=NO)c1cnnn1CC. The van der Waals surface area contributed by atoms with E-state index in [1.807, 2.05) is 25.5 Å². The van der Waals surface area contributed by atoms with Gasteiger partial charge in [-0.25, -0.2) is 4.68 Å². The lowest BCUT2D eigenvalue weighted by atomic mass is 10.1. The van der Waals surface area contributed by atoms with Gasteiger partial charge in [0.15, 0.2) is 0 Å². The summed E-state index contributed by atoms with van der Waals surface area (Å²) in [5.74, 6) is 1.16. The maximum absolute atomic E-state index is 8.64. The zero-order valence-corrected chi connectivity index (χ0v) is 10.5. The van der Waals surface area contributed by atoms with Gasteiger partial charge in [-0.1, -0.05) is 17.3 Å². The molecular formula is C10H20N6O. The molecule has 0 aliphatic carbocycles. The molecule has 0 aliphatic heterocycles. The molecule has 0 bridgehead atoms. The number of rotatable bonds is 6. The molecule has 0 radical (unpaired) electrons. The van der Waals surface area contributed by atoms with E-state index in [0.717, 1.165) is 18.9 Å². The number of hydrogen-bond acceptors (Lipinski definition) is 5. The number of aromatic nitrogens is 3. The van der Waals surface area contributed by atoms with Crippen LogP contribution in [0.25, 0.3) is 0 Å². The monoisotopic (exact) mass is 240 g/mol. The first-order valence-corrected chi connectivity index (χ1v) is 5.74. The van der Waals surface area contributed by atoms with Crippen molar-refractivity contribution in [2.45, 2.75) is 27.3 Å². The van der Waals surface area contributed by atoms with Crippen LogP contribution in [-0.4, -0.2) is 39.1 Å². The second kappa shape index (κ2) is 6.07. The molecule has 0 aromatic carbocycles. The normalized spacial score (nSPS) is 13.7. The van der Waals surface area contributed by atoms with Crippen molar-refractivity contribution in [3.63, 3.8) is 0 Å². The molecule has 7 heteroatoms. The Morgan fingerprint density at radius 3 is 2.88 bits per heavy atom. The maximum atomic E-state index is 8.64. The van der Waals surface area contributed by atoms with Crippen LogP contribution < -0.4 is 10.6 Å². The third-order valence-corrected chi connectivity index (χ3v) is 2.72. The van der Waals surface area contributed by atoms with Gasteiger partial charge >= 0.3 is 0 Å². The zero-order valence-electron chi connectivity index (χ0n) is 10.5. The summed E-state index contributed by atoms with van der Waals surface area (Å²) in [6.45, 7) is 8.22. The van der Waals surface area contributed by atoms with Gasteiger partial charge in [-0.05, 0) is 13.8 Å². The van der Waals surface area contributed by atoms with Crippen LogP contribution in [0.3, 0.4) is 0 Å². The Labute approximate surface area is 101 Å². The third kappa shape index (κ3) is 3.08. The van der Waals surface area contributed by atoms with Crippen molar-refractivity contribution < 1.29 is 5.21 Å². The fraction of sp³-hybridized carbons (Fsp3) is 0.700. The van der Waals surface area contributed by atoms with Gasteiger partial charge in [-0.3, -0.25) is 0 Å². The predicted molar refractivity (Wildman–Crippen MR) is 66.2 cm³/mol. The molecule has 1 unspecified atom stereocenters. The second-order valence-electron chi connectivity index (χ2n) is 3.87. The van der Waals surface area contributed by atoms with Crippen LogP contribution in [0.5, 0.6) is 0 Å². The second-order valence-corrected chi connectivity index (χ2v) is 3.87. The lowest BCUT2D eigenvalue weighted by Crippen LogP contribution is -2.36. The topological polar surface area (TPSA) is 92.6 Å². The van der Waals surface area contributed by atoms with E-state index in [4.69, 9.17) is 10.9 Å². The molecule has 0 aliphatic rings. The number of oxime groups is 1. The predicted octanol–water partition coefficient (Wildman–Crippen LogP) is 0.507. The standard InChI is InChI=1S/C10H20N6O/c1-4-15(7-8(3)10(11)13-17)9-6-12-14-16(9)5-2/h6,8,17H,4-5,7H2,1-3H3,(H2,11,13). The molecule has 1 atom stereocenters. The largest absolute Gasteiger partial charge is 0.409 e. The highest BCUT2D eigenvalue weighted by molar-refractivity contribution is 5.82. The van der Waals surface area contributed by atoms with Crippen molar-refractivity contribution in [3.05, 3.63) is 6.20 Å². The first kappa shape index (κ1) is 13.3. The highest BCUT2D eigenvalue weighted by atomic mass is 16.4. The molecule has 0 spiro atoms. The summed E-state index contributed by atoms with van der Waals surface area (Å²) in [6.07, 6.45) is 1.73. The lowest BCUT2D eigenvalue weighted by Gasteiger charge is -2.25. The summed E-state index contributed by atoms with van der Waals surface area (Å²) in [4.78, 5) is 2.10.